The summed E-state index contributed by atoms with van der Waals surface area (Å²) in [6, 6.07) is 0. The predicted molar refractivity (Wildman–Crippen MR) is 121 cm³/mol. The number of likely N-dealkylation sites (tertiary alicyclic amines) is 1. The van der Waals surface area contributed by atoms with Crippen LogP contribution < -0.4 is 4.90 Å². The summed E-state index contributed by atoms with van der Waals surface area (Å²) in [6.07, 6.45) is 21.8. The SMILES string of the molecule is CCCCCCCCCCCCCCCCCCOP(=O)(O)OC1CC[NH+](C)C1. The Bertz CT molecular complexity index is 422. The molecule has 1 fully saturated rings. The van der Waals surface area contributed by atoms with Gasteiger partial charge in [0.1, 0.15) is 12.6 Å². The van der Waals surface area contributed by atoms with E-state index in [4.69, 9.17) is 9.05 Å². The van der Waals surface area contributed by atoms with Crippen molar-refractivity contribution >= 4 is 7.82 Å². The highest BCUT2D eigenvalue weighted by molar-refractivity contribution is 7.47. The van der Waals surface area contributed by atoms with Gasteiger partial charge in [-0.15, -0.1) is 0 Å². The molecule has 3 atom stereocenters. The van der Waals surface area contributed by atoms with Gasteiger partial charge in [-0.25, -0.2) is 4.57 Å². The zero-order valence-electron chi connectivity index (χ0n) is 19.3. The molecule has 0 spiro atoms. The molecule has 1 saturated heterocycles. The largest absolute Gasteiger partial charge is 0.472 e. The summed E-state index contributed by atoms with van der Waals surface area (Å²) in [6.45, 7) is 4.37. The third-order valence-electron chi connectivity index (χ3n) is 6.00. The van der Waals surface area contributed by atoms with Gasteiger partial charge in [-0.3, -0.25) is 9.05 Å². The van der Waals surface area contributed by atoms with E-state index in [1.54, 1.807) is 0 Å². The molecule has 0 aliphatic carbocycles. The third-order valence-corrected chi connectivity index (χ3v) is 7.08. The number of unbranched alkanes of at least 4 members (excludes halogenated alkanes) is 15. The van der Waals surface area contributed by atoms with Crippen LogP contribution in [0.15, 0.2) is 0 Å². The van der Waals surface area contributed by atoms with Crippen molar-refractivity contribution in [3.63, 3.8) is 0 Å². The molecule has 1 aliphatic heterocycles. The topological polar surface area (TPSA) is 60.2 Å². The second kappa shape index (κ2) is 17.7. The van der Waals surface area contributed by atoms with Crippen LogP contribution in [-0.4, -0.2) is 37.7 Å². The number of hydrogen-bond donors (Lipinski definition) is 2. The maximum Gasteiger partial charge on any atom is 0.472 e. The van der Waals surface area contributed by atoms with E-state index in [0.29, 0.717) is 6.61 Å². The first-order valence-electron chi connectivity index (χ1n) is 12.5. The molecule has 5 nitrogen and oxygen atoms in total. The van der Waals surface area contributed by atoms with Crippen molar-refractivity contribution in [3.8, 4) is 0 Å². The molecule has 0 aromatic rings. The zero-order chi connectivity index (χ0) is 21.2. The molecular weight excluding hydrogens is 385 g/mol. The molecule has 0 aromatic heterocycles. The van der Waals surface area contributed by atoms with Crippen molar-refractivity contribution < 1.29 is 23.4 Å². The maximum atomic E-state index is 11.9. The van der Waals surface area contributed by atoms with Gasteiger partial charge in [0.15, 0.2) is 0 Å². The first-order chi connectivity index (χ1) is 14.0. The normalized spacial score (nSPS) is 21.5. The lowest BCUT2D eigenvalue weighted by Crippen LogP contribution is -3.07. The summed E-state index contributed by atoms with van der Waals surface area (Å²) in [5, 5.41) is 0. The highest BCUT2D eigenvalue weighted by Gasteiger charge is 2.32. The van der Waals surface area contributed by atoms with Gasteiger partial charge in [-0.2, -0.15) is 0 Å². The maximum absolute atomic E-state index is 11.9. The monoisotopic (exact) mass is 434 g/mol. The smallest absolute Gasteiger partial charge is 0.335 e. The molecule has 1 rings (SSSR count). The van der Waals surface area contributed by atoms with Crippen LogP contribution in [0.5, 0.6) is 0 Å². The average Bonchev–Trinajstić information content (AvgIpc) is 3.08. The summed E-state index contributed by atoms with van der Waals surface area (Å²) < 4.78 is 22.3. The van der Waals surface area contributed by atoms with Gasteiger partial charge in [-0.1, -0.05) is 103 Å². The first kappa shape index (κ1) is 27.1. The molecular formula is C23H49NO4P+. The van der Waals surface area contributed by atoms with E-state index in [9.17, 15) is 9.46 Å². The van der Waals surface area contributed by atoms with Gasteiger partial charge < -0.3 is 9.79 Å². The minimum atomic E-state index is -3.87. The van der Waals surface area contributed by atoms with Crippen molar-refractivity contribution in [3.05, 3.63) is 0 Å². The summed E-state index contributed by atoms with van der Waals surface area (Å²) in [5.41, 5.74) is 0. The van der Waals surface area contributed by atoms with Gasteiger partial charge in [-0.05, 0) is 6.42 Å². The Balaban J connectivity index is 1.78. The van der Waals surface area contributed by atoms with Crippen LogP contribution in [0.4, 0.5) is 0 Å². The molecule has 29 heavy (non-hydrogen) atoms. The highest BCUT2D eigenvalue weighted by Crippen LogP contribution is 2.45. The minimum Gasteiger partial charge on any atom is -0.335 e. The third kappa shape index (κ3) is 16.4. The van der Waals surface area contributed by atoms with Gasteiger partial charge in [0.25, 0.3) is 0 Å². The lowest BCUT2D eigenvalue weighted by molar-refractivity contribution is -0.867. The number of nitrogens with one attached hydrogen (secondary N) is 1. The van der Waals surface area contributed by atoms with Crippen LogP contribution in [-0.2, 0) is 13.6 Å². The molecule has 1 heterocycles. The summed E-state index contributed by atoms with van der Waals surface area (Å²) in [7, 11) is -1.80. The average molecular weight is 435 g/mol. The Labute approximate surface area is 180 Å². The lowest BCUT2D eigenvalue weighted by atomic mass is 10.0. The standard InChI is InChI=1S/C23H48NO4P/c1-3-4-5-6-7-8-9-10-11-12-13-14-15-16-17-18-21-27-29(25,26)28-23-19-20-24(2)22-23/h23H,3-22H2,1-2H3,(H,25,26)/p+1. The number of phosphoric acid groups is 1. The van der Waals surface area contributed by atoms with Crippen LogP contribution in [0.25, 0.3) is 0 Å². The van der Waals surface area contributed by atoms with Crippen molar-refractivity contribution in [2.75, 3.05) is 26.7 Å². The summed E-state index contributed by atoms with van der Waals surface area (Å²) >= 11 is 0. The van der Waals surface area contributed by atoms with E-state index >= 15 is 0 Å². The first-order valence-corrected chi connectivity index (χ1v) is 14.0. The van der Waals surface area contributed by atoms with Crippen LogP contribution in [0.3, 0.4) is 0 Å². The molecule has 0 aromatic carbocycles. The molecule has 174 valence electrons. The number of rotatable bonds is 20. The molecule has 0 bridgehead atoms. The van der Waals surface area contributed by atoms with Crippen LogP contribution >= 0.6 is 7.82 Å². The van der Waals surface area contributed by atoms with E-state index in [-0.39, 0.29) is 6.10 Å². The van der Waals surface area contributed by atoms with E-state index in [2.05, 4.69) is 14.0 Å². The number of likely N-dealkylation sites (N-methyl/N-ethyl adjacent to an activating group) is 1. The lowest BCUT2D eigenvalue weighted by Gasteiger charge is -2.15. The van der Waals surface area contributed by atoms with Crippen LogP contribution in [0.1, 0.15) is 116 Å². The van der Waals surface area contributed by atoms with Gasteiger partial charge >= 0.3 is 7.82 Å². The fraction of sp³-hybridized carbons (Fsp3) is 1.00. The molecule has 3 unspecified atom stereocenters. The predicted octanol–water partition coefficient (Wildman–Crippen LogP) is 5.67. The Morgan fingerprint density at radius 2 is 1.28 bits per heavy atom. The van der Waals surface area contributed by atoms with Crippen LogP contribution in [0.2, 0.25) is 0 Å². The number of quaternary nitrogens is 1. The zero-order valence-corrected chi connectivity index (χ0v) is 20.2. The second-order valence-corrected chi connectivity index (χ2v) is 10.4. The Morgan fingerprint density at radius 1 is 0.828 bits per heavy atom. The van der Waals surface area contributed by atoms with Gasteiger partial charge in [0.05, 0.1) is 20.2 Å². The van der Waals surface area contributed by atoms with Crippen LogP contribution in [0, 0.1) is 0 Å². The fourth-order valence-electron chi connectivity index (χ4n) is 4.14. The highest BCUT2D eigenvalue weighted by atomic mass is 31.2. The van der Waals surface area contributed by atoms with Gasteiger partial charge in [0, 0.05) is 6.42 Å². The molecule has 1 aliphatic rings. The van der Waals surface area contributed by atoms with Gasteiger partial charge in [0.2, 0.25) is 0 Å². The second-order valence-electron chi connectivity index (χ2n) is 9.03. The Hall–Kier alpha value is 0.0700. The molecule has 0 amide bonds. The summed E-state index contributed by atoms with van der Waals surface area (Å²) in [4.78, 5) is 11.1. The van der Waals surface area contributed by atoms with Crippen molar-refractivity contribution in [2.45, 2.75) is 122 Å². The molecule has 2 N–H and O–H groups in total. The van der Waals surface area contributed by atoms with Crippen molar-refractivity contribution in [2.24, 2.45) is 0 Å². The Kier molecular flexibility index (Phi) is 16.6. The number of phosphoric ester groups is 1. The number of hydrogen-bond acceptors (Lipinski definition) is 3. The Morgan fingerprint density at radius 3 is 1.69 bits per heavy atom. The van der Waals surface area contributed by atoms with E-state index in [1.807, 2.05) is 0 Å². The summed E-state index contributed by atoms with van der Waals surface area (Å²) in [5.74, 6) is 0. The molecule has 6 heteroatoms. The van der Waals surface area contributed by atoms with E-state index < -0.39 is 7.82 Å². The van der Waals surface area contributed by atoms with E-state index in [1.165, 1.54) is 94.8 Å². The fourth-order valence-corrected chi connectivity index (χ4v) is 5.12. The minimum absolute atomic E-state index is 0.142. The quantitative estimate of drug-likeness (QED) is 0.191. The molecule has 0 radical (unpaired) electrons. The molecule has 0 saturated carbocycles. The van der Waals surface area contributed by atoms with E-state index in [0.717, 1.165) is 32.4 Å². The van der Waals surface area contributed by atoms with Crippen molar-refractivity contribution in [1.29, 1.82) is 0 Å². The van der Waals surface area contributed by atoms with Crippen molar-refractivity contribution in [1.82, 2.24) is 0 Å².